The van der Waals surface area contributed by atoms with Gasteiger partial charge in [-0.1, -0.05) is 22.9 Å². The summed E-state index contributed by atoms with van der Waals surface area (Å²) < 4.78 is 10.4. The number of nitrogens with zero attached hydrogens (tertiary/aromatic N) is 1. The first kappa shape index (κ1) is 14.1. The van der Waals surface area contributed by atoms with E-state index in [9.17, 15) is 4.79 Å². The molecule has 1 aromatic heterocycles. The number of carbonyl (C=O) groups excluding carboxylic acids is 1. The number of carbonyl (C=O) groups is 1. The summed E-state index contributed by atoms with van der Waals surface area (Å²) in [5.74, 6) is 1.23. The minimum Gasteiger partial charge on any atom is -0.484 e. The van der Waals surface area contributed by atoms with Gasteiger partial charge in [-0.15, -0.1) is 0 Å². The highest BCUT2D eigenvalue weighted by Gasteiger charge is 2.10. The van der Waals surface area contributed by atoms with Crippen molar-refractivity contribution in [3.05, 3.63) is 46.8 Å². The predicted molar refractivity (Wildman–Crippen MR) is 74.5 cm³/mol. The molecule has 5 heteroatoms. The third-order valence-corrected chi connectivity index (χ3v) is 3.03. The number of amides is 1. The van der Waals surface area contributed by atoms with Crippen molar-refractivity contribution in [2.24, 2.45) is 0 Å². The molecule has 106 valence electrons. The van der Waals surface area contributed by atoms with Crippen molar-refractivity contribution in [1.82, 2.24) is 10.5 Å². The fourth-order valence-corrected chi connectivity index (χ4v) is 1.78. The lowest BCUT2D eigenvalue weighted by Gasteiger charge is -2.07. The topological polar surface area (TPSA) is 64.4 Å². The molecule has 0 radical (unpaired) electrons. The van der Waals surface area contributed by atoms with Crippen LogP contribution < -0.4 is 10.1 Å². The second-order valence-corrected chi connectivity index (χ2v) is 4.68. The molecule has 5 nitrogen and oxygen atoms in total. The summed E-state index contributed by atoms with van der Waals surface area (Å²) >= 11 is 0. The van der Waals surface area contributed by atoms with Crippen molar-refractivity contribution in [3.8, 4) is 5.75 Å². The van der Waals surface area contributed by atoms with Crippen molar-refractivity contribution >= 4 is 5.91 Å². The van der Waals surface area contributed by atoms with Gasteiger partial charge in [0.1, 0.15) is 11.5 Å². The Morgan fingerprint density at radius 1 is 1.25 bits per heavy atom. The molecular weight excluding hydrogens is 256 g/mol. The Balaban J connectivity index is 1.80. The molecule has 0 saturated carbocycles. The molecule has 0 spiro atoms. The van der Waals surface area contributed by atoms with E-state index in [1.54, 1.807) is 0 Å². The summed E-state index contributed by atoms with van der Waals surface area (Å²) in [6.07, 6.45) is 0. The Hall–Kier alpha value is -2.30. The van der Waals surface area contributed by atoms with Gasteiger partial charge in [0.2, 0.25) is 0 Å². The minimum atomic E-state index is -0.175. The molecule has 0 aliphatic rings. The minimum absolute atomic E-state index is 0.00750. The molecule has 1 N–H and O–H groups in total. The van der Waals surface area contributed by atoms with Crippen molar-refractivity contribution in [3.63, 3.8) is 0 Å². The molecule has 0 bridgehead atoms. The van der Waals surface area contributed by atoms with Gasteiger partial charge in [-0.25, -0.2) is 0 Å². The first-order valence-electron chi connectivity index (χ1n) is 6.44. The smallest absolute Gasteiger partial charge is 0.258 e. The first-order valence-corrected chi connectivity index (χ1v) is 6.44. The van der Waals surface area contributed by atoms with Gasteiger partial charge in [-0.05, 0) is 32.9 Å². The second-order valence-electron chi connectivity index (χ2n) is 4.68. The molecule has 0 aliphatic carbocycles. The van der Waals surface area contributed by atoms with Gasteiger partial charge >= 0.3 is 0 Å². The molecule has 0 aliphatic heterocycles. The number of hydrogen-bond acceptors (Lipinski definition) is 4. The summed E-state index contributed by atoms with van der Waals surface area (Å²) in [6, 6.07) is 7.57. The zero-order valence-corrected chi connectivity index (χ0v) is 11.9. The van der Waals surface area contributed by atoms with Gasteiger partial charge in [0.25, 0.3) is 5.91 Å². The van der Waals surface area contributed by atoms with E-state index in [0.717, 1.165) is 22.6 Å². The fraction of sp³-hybridized carbons (Fsp3) is 0.333. The SMILES string of the molecule is Cc1ccc(OCC(=O)NCc2c(C)noc2C)cc1. The third kappa shape index (κ3) is 3.60. The zero-order valence-electron chi connectivity index (χ0n) is 11.9. The monoisotopic (exact) mass is 274 g/mol. The highest BCUT2D eigenvalue weighted by molar-refractivity contribution is 5.77. The van der Waals surface area contributed by atoms with Gasteiger partial charge < -0.3 is 14.6 Å². The molecule has 2 aromatic rings. The van der Waals surface area contributed by atoms with Crippen LogP contribution in [0.4, 0.5) is 0 Å². The van der Waals surface area contributed by atoms with Crippen LogP contribution in [0.3, 0.4) is 0 Å². The van der Waals surface area contributed by atoms with Crippen LogP contribution in [0, 0.1) is 20.8 Å². The van der Waals surface area contributed by atoms with E-state index in [1.165, 1.54) is 0 Å². The molecule has 0 atom stereocenters. The predicted octanol–water partition coefficient (Wildman–Crippen LogP) is 2.30. The number of hydrogen-bond donors (Lipinski definition) is 1. The molecular formula is C15H18N2O3. The van der Waals surface area contributed by atoms with Gasteiger partial charge in [-0.2, -0.15) is 0 Å². The highest BCUT2D eigenvalue weighted by Crippen LogP contribution is 2.12. The number of ether oxygens (including phenoxy) is 1. The van der Waals surface area contributed by atoms with Gasteiger partial charge in [0.15, 0.2) is 6.61 Å². The van der Waals surface area contributed by atoms with Crippen molar-refractivity contribution in [1.29, 1.82) is 0 Å². The lowest BCUT2D eigenvalue weighted by atomic mass is 10.2. The average Bonchev–Trinajstić information content (AvgIpc) is 2.75. The summed E-state index contributed by atoms with van der Waals surface area (Å²) in [7, 11) is 0. The van der Waals surface area contributed by atoms with Crippen molar-refractivity contribution in [2.45, 2.75) is 27.3 Å². The molecule has 0 fully saturated rings. The molecule has 0 saturated heterocycles. The molecule has 0 unspecified atom stereocenters. The van der Waals surface area contributed by atoms with Crippen molar-refractivity contribution < 1.29 is 14.1 Å². The number of aryl methyl sites for hydroxylation is 3. The van der Waals surface area contributed by atoms with Crippen molar-refractivity contribution in [2.75, 3.05) is 6.61 Å². The standard InChI is InChI=1S/C15H18N2O3/c1-10-4-6-13(7-5-10)19-9-15(18)16-8-14-11(2)17-20-12(14)3/h4-7H,8-9H2,1-3H3,(H,16,18). The quantitative estimate of drug-likeness (QED) is 0.908. The molecule has 1 aromatic carbocycles. The van der Waals surface area contributed by atoms with E-state index < -0.39 is 0 Å². The van der Waals surface area contributed by atoms with Gasteiger partial charge in [0.05, 0.1) is 5.69 Å². The van der Waals surface area contributed by atoms with Crippen LogP contribution in [0.25, 0.3) is 0 Å². The Morgan fingerprint density at radius 2 is 1.95 bits per heavy atom. The highest BCUT2D eigenvalue weighted by atomic mass is 16.5. The van der Waals surface area contributed by atoms with Crippen LogP contribution in [-0.2, 0) is 11.3 Å². The molecule has 1 heterocycles. The fourth-order valence-electron chi connectivity index (χ4n) is 1.78. The Labute approximate surface area is 117 Å². The third-order valence-electron chi connectivity index (χ3n) is 3.03. The van der Waals surface area contributed by atoms with E-state index in [-0.39, 0.29) is 12.5 Å². The normalized spacial score (nSPS) is 10.3. The lowest BCUT2D eigenvalue weighted by Crippen LogP contribution is -2.28. The van der Waals surface area contributed by atoms with E-state index in [2.05, 4.69) is 10.5 Å². The average molecular weight is 274 g/mol. The molecule has 20 heavy (non-hydrogen) atoms. The van der Waals surface area contributed by atoms with Gasteiger partial charge in [-0.3, -0.25) is 4.79 Å². The number of benzene rings is 1. The van der Waals surface area contributed by atoms with Crippen LogP contribution in [0.1, 0.15) is 22.6 Å². The van der Waals surface area contributed by atoms with Crippen LogP contribution >= 0.6 is 0 Å². The Bertz CT molecular complexity index is 568. The molecule has 2 rings (SSSR count). The summed E-state index contributed by atoms with van der Waals surface area (Å²) in [5.41, 5.74) is 2.86. The summed E-state index contributed by atoms with van der Waals surface area (Å²) in [6.45, 7) is 6.06. The van der Waals surface area contributed by atoms with E-state index in [4.69, 9.17) is 9.26 Å². The van der Waals surface area contributed by atoms with Gasteiger partial charge in [0, 0.05) is 12.1 Å². The largest absolute Gasteiger partial charge is 0.484 e. The summed E-state index contributed by atoms with van der Waals surface area (Å²) in [4.78, 5) is 11.7. The van der Waals surface area contributed by atoms with Crippen LogP contribution in [0.15, 0.2) is 28.8 Å². The number of nitrogens with one attached hydrogen (secondary N) is 1. The first-order chi connectivity index (χ1) is 9.56. The van der Waals surface area contributed by atoms with E-state index in [0.29, 0.717) is 12.3 Å². The Morgan fingerprint density at radius 3 is 2.55 bits per heavy atom. The molecule has 1 amide bonds. The second kappa shape index (κ2) is 6.23. The maximum absolute atomic E-state index is 11.7. The van der Waals surface area contributed by atoms with Crippen LogP contribution in [-0.4, -0.2) is 17.7 Å². The van der Waals surface area contributed by atoms with E-state index in [1.807, 2.05) is 45.0 Å². The Kier molecular flexibility index (Phi) is 4.40. The lowest BCUT2D eigenvalue weighted by molar-refractivity contribution is -0.123. The maximum Gasteiger partial charge on any atom is 0.258 e. The van der Waals surface area contributed by atoms with Crippen LogP contribution in [0.2, 0.25) is 0 Å². The van der Waals surface area contributed by atoms with Crippen LogP contribution in [0.5, 0.6) is 5.75 Å². The zero-order chi connectivity index (χ0) is 14.5. The number of aromatic nitrogens is 1. The maximum atomic E-state index is 11.7. The van der Waals surface area contributed by atoms with E-state index >= 15 is 0 Å². The summed E-state index contributed by atoms with van der Waals surface area (Å²) in [5, 5.41) is 6.62. The number of rotatable bonds is 5.